The molecule has 166 valence electrons. The van der Waals surface area contributed by atoms with E-state index in [1.807, 2.05) is 0 Å². The van der Waals surface area contributed by atoms with Crippen molar-refractivity contribution >= 4 is 17.3 Å². The number of hydrogen-bond acceptors (Lipinski definition) is 3. The molecule has 1 amide bonds. The van der Waals surface area contributed by atoms with Gasteiger partial charge in [0, 0.05) is 43.5 Å². The van der Waals surface area contributed by atoms with Gasteiger partial charge in [-0.1, -0.05) is 36.8 Å². The number of piperidine rings is 2. The van der Waals surface area contributed by atoms with Gasteiger partial charge in [0.2, 0.25) is 5.91 Å². The molecule has 2 aromatic rings. The molecule has 2 aromatic carbocycles. The van der Waals surface area contributed by atoms with E-state index in [0.717, 1.165) is 44.9 Å². The fourth-order valence-electron chi connectivity index (χ4n) is 4.97. The Morgan fingerprint density at radius 2 is 1.52 bits per heavy atom. The minimum Gasteiger partial charge on any atom is -0.371 e. The molecule has 1 N–H and O–H groups in total. The Morgan fingerprint density at radius 1 is 0.903 bits per heavy atom. The largest absolute Gasteiger partial charge is 0.371 e. The summed E-state index contributed by atoms with van der Waals surface area (Å²) in [4.78, 5) is 17.8. The van der Waals surface area contributed by atoms with Crippen molar-refractivity contribution in [3.05, 3.63) is 59.7 Å². The number of anilines is 2. The quantitative estimate of drug-likeness (QED) is 0.712. The van der Waals surface area contributed by atoms with Crippen molar-refractivity contribution in [2.75, 3.05) is 36.0 Å². The van der Waals surface area contributed by atoms with E-state index in [2.05, 4.69) is 84.4 Å². The third-order valence-electron chi connectivity index (χ3n) is 7.04. The van der Waals surface area contributed by atoms with Crippen LogP contribution >= 0.6 is 0 Å². The maximum Gasteiger partial charge on any atom is 0.223 e. The molecule has 2 atom stereocenters. The molecule has 0 unspecified atom stereocenters. The highest BCUT2D eigenvalue weighted by Gasteiger charge is 2.26. The van der Waals surface area contributed by atoms with Gasteiger partial charge in [-0.15, -0.1) is 0 Å². The van der Waals surface area contributed by atoms with Crippen molar-refractivity contribution in [3.8, 4) is 0 Å². The van der Waals surface area contributed by atoms with Crippen LogP contribution in [-0.4, -0.2) is 32.1 Å². The summed E-state index contributed by atoms with van der Waals surface area (Å²) in [6, 6.07) is 17.5. The zero-order valence-electron chi connectivity index (χ0n) is 19.3. The molecule has 0 aromatic heterocycles. The molecule has 31 heavy (non-hydrogen) atoms. The Bertz CT molecular complexity index is 853. The smallest absolute Gasteiger partial charge is 0.223 e. The topological polar surface area (TPSA) is 35.6 Å². The van der Waals surface area contributed by atoms with Crippen LogP contribution in [0.4, 0.5) is 11.4 Å². The minimum atomic E-state index is 0.0388. The van der Waals surface area contributed by atoms with E-state index in [0.29, 0.717) is 0 Å². The summed E-state index contributed by atoms with van der Waals surface area (Å²) in [5, 5.41) is 3.26. The lowest BCUT2D eigenvalue weighted by atomic mass is 9.94. The molecule has 2 fully saturated rings. The van der Waals surface area contributed by atoms with E-state index in [1.54, 1.807) is 0 Å². The lowest BCUT2D eigenvalue weighted by molar-refractivity contribution is -0.126. The second-order valence-corrected chi connectivity index (χ2v) is 9.61. The van der Waals surface area contributed by atoms with Crippen LogP contribution in [0, 0.1) is 18.8 Å². The van der Waals surface area contributed by atoms with Crippen molar-refractivity contribution < 1.29 is 4.79 Å². The summed E-state index contributed by atoms with van der Waals surface area (Å²) in [5.74, 6) is 1.08. The molecule has 2 aliphatic heterocycles. The van der Waals surface area contributed by atoms with Crippen molar-refractivity contribution in [1.82, 2.24) is 5.32 Å². The Balaban J connectivity index is 1.28. The van der Waals surface area contributed by atoms with Gasteiger partial charge in [0.05, 0.1) is 6.04 Å². The number of rotatable bonds is 5. The first-order valence-electron chi connectivity index (χ1n) is 12.0. The van der Waals surface area contributed by atoms with E-state index < -0.39 is 0 Å². The molecule has 4 rings (SSSR count). The number of aryl methyl sites for hydroxylation is 1. The Labute approximate surface area is 187 Å². The summed E-state index contributed by atoms with van der Waals surface area (Å²) < 4.78 is 0. The Kier molecular flexibility index (Phi) is 6.84. The van der Waals surface area contributed by atoms with Crippen molar-refractivity contribution in [3.63, 3.8) is 0 Å². The molecule has 2 aliphatic rings. The van der Waals surface area contributed by atoms with Gasteiger partial charge in [0.1, 0.15) is 0 Å². The van der Waals surface area contributed by atoms with E-state index in [1.165, 1.54) is 35.3 Å². The van der Waals surface area contributed by atoms with Crippen LogP contribution in [0.25, 0.3) is 0 Å². The maximum absolute atomic E-state index is 12.9. The van der Waals surface area contributed by atoms with Crippen LogP contribution < -0.4 is 15.1 Å². The molecule has 0 spiro atoms. The third kappa shape index (κ3) is 5.41. The normalized spacial score (nSPS) is 21.1. The molecule has 4 nitrogen and oxygen atoms in total. The maximum atomic E-state index is 12.9. The van der Waals surface area contributed by atoms with Crippen LogP contribution in [0.15, 0.2) is 48.5 Å². The first-order chi connectivity index (χ1) is 15.0. The van der Waals surface area contributed by atoms with E-state index in [4.69, 9.17) is 0 Å². The number of nitrogens with zero attached hydrogens (tertiary/aromatic N) is 2. The Morgan fingerprint density at radius 3 is 2.16 bits per heavy atom. The van der Waals surface area contributed by atoms with Crippen LogP contribution in [0.3, 0.4) is 0 Å². The predicted octanol–water partition coefficient (Wildman–Crippen LogP) is 5.33. The first-order valence-corrected chi connectivity index (χ1v) is 12.0. The van der Waals surface area contributed by atoms with Crippen molar-refractivity contribution in [1.29, 1.82) is 0 Å². The molecule has 2 saturated heterocycles. The van der Waals surface area contributed by atoms with Gasteiger partial charge in [0.25, 0.3) is 0 Å². The van der Waals surface area contributed by atoms with Gasteiger partial charge in [-0.05, 0) is 75.3 Å². The zero-order chi connectivity index (χ0) is 21.8. The van der Waals surface area contributed by atoms with Crippen LogP contribution in [0.2, 0.25) is 0 Å². The van der Waals surface area contributed by atoms with E-state index >= 15 is 0 Å². The van der Waals surface area contributed by atoms with Gasteiger partial charge < -0.3 is 15.1 Å². The first kappa shape index (κ1) is 21.7. The molecular weight excluding hydrogens is 382 g/mol. The lowest BCUT2D eigenvalue weighted by Gasteiger charge is -2.34. The summed E-state index contributed by atoms with van der Waals surface area (Å²) >= 11 is 0. The van der Waals surface area contributed by atoms with E-state index in [9.17, 15) is 4.79 Å². The summed E-state index contributed by atoms with van der Waals surface area (Å²) in [6.45, 7) is 10.7. The van der Waals surface area contributed by atoms with Gasteiger partial charge in [-0.2, -0.15) is 0 Å². The zero-order valence-corrected chi connectivity index (χ0v) is 19.3. The Hall–Kier alpha value is -2.49. The number of hydrogen-bond donors (Lipinski definition) is 1. The molecule has 0 aliphatic carbocycles. The molecule has 4 heteroatoms. The van der Waals surface area contributed by atoms with Gasteiger partial charge in [-0.25, -0.2) is 0 Å². The molecule has 2 heterocycles. The standard InChI is InChI=1S/C27H37N3O/c1-20-6-10-25(11-7-20)29-17-14-24(15-18-29)27(31)28-22(3)23-8-12-26(13-9-23)30-16-4-5-21(2)19-30/h6-13,21-22,24H,4-5,14-19H2,1-3H3,(H,28,31)/t21-,22+/m0/s1. The molecular formula is C27H37N3O. The monoisotopic (exact) mass is 419 g/mol. The molecule has 0 saturated carbocycles. The third-order valence-corrected chi connectivity index (χ3v) is 7.04. The average Bonchev–Trinajstić information content (AvgIpc) is 2.80. The summed E-state index contributed by atoms with van der Waals surface area (Å²) in [5.41, 5.74) is 5.03. The highest BCUT2D eigenvalue weighted by molar-refractivity contribution is 5.79. The van der Waals surface area contributed by atoms with Crippen molar-refractivity contribution in [2.24, 2.45) is 11.8 Å². The SMILES string of the molecule is Cc1ccc(N2CCC(C(=O)N[C@H](C)c3ccc(N4CCC[C@H](C)C4)cc3)CC2)cc1. The van der Waals surface area contributed by atoms with Crippen LogP contribution in [0.5, 0.6) is 0 Å². The van der Waals surface area contributed by atoms with Gasteiger partial charge in [0.15, 0.2) is 0 Å². The van der Waals surface area contributed by atoms with Crippen molar-refractivity contribution in [2.45, 2.75) is 52.5 Å². The van der Waals surface area contributed by atoms with Crippen LogP contribution in [0.1, 0.15) is 56.7 Å². The van der Waals surface area contributed by atoms with Gasteiger partial charge >= 0.3 is 0 Å². The van der Waals surface area contributed by atoms with Crippen LogP contribution in [-0.2, 0) is 4.79 Å². The number of carbonyl (C=O) groups excluding carboxylic acids is 1. The summed E-state index contributed by atoms with van der Waals surface area (Å²) in [7, 11) is 0. The molecule has 0 radical (unpaired) electrons. The predicted molar refractivity (Wildman–Crippen MR) is 130 cm³/mol. The highest BCUT2D eigenvalue weighted by Crippen LogP contribution is 2.26. The summed E-state index contributed by atoms with van der Waals surface area (Å²) in [6.07, 6.45) is 4.44. The number of carbonyl (C=O) groups is 1. The second kappa shape index (κ2) is 9.76. The second-order valence-electron chi connectivity index (χ2n) is 9.61. The number of amides is 1. The fraction of sp³-hybridized carbons (Fsp3) is 0.519. The van der Waals surface area contributed by atoms with E-state index in [-0.39, 0.29) is 17.9 Å². The average molecular weight is 420 g/mol. The van der Waals surface area contributed by atoms with Gasteiger partial charge in [-0.3, -0.25) is 4.79 Å². The lowest BCUT2D eigenvalue weighted by Crippen LogP contribution is -2.41. The fourth-order valence-corrected chi connectivity index (χ4v) is 4.97. The number of benzene rings is 2. The highest BCUT2D eigenvalue weighted by atomic mass is 16.1. The minimum absolute atomic E-state index is 0.0388. The molecule has 0 bridgehead atoms. The number of nitrogens with one attached hydrogen (secondary N) is 1.